The van der Waals surface area contributed by atoms with Gasteiger partial charge < -0.3 is 9.46 Å². The van der Waals surface area contributed by atoms with E-state index in [4.69, 9.17) is 16.3 Å². The zero-order chi connectivity index (χ0) is 17.4. The van der Waals surface area contributed by atoms with Gasteiger partial charge in [-0.05, 0) is 38.0 Å². The number of hydrogen-bond donors (Lipinski definition) is 2. The fraction of sp³-hybridized carbons (Fsp3) is 0.467. The summed E-state index contributed by atoms with van der Waals surface area (Å²) in [6, 6.07) is 5.35. The standard InChI is InChI=1S/C15H20ClN3O3S2/c1-2-22-14(20)10-23-13-9-11(5-6-12(13)16)18-24-15(21)19-8-4-3-7-17-19/h5-6,9,17-18H,2-4,7-8,10H2,1H3. The molecule has 0 atom stereocenters. The number of carbonyl (C=O) groups is 2. The van der Waals surface area contributed by atoms with Crippen molar-refractivity contribution in [2.24, 2.45) is 0 Å². The molecule has 1 aromatic rings. The molecule has 1 aromatic carbocycles. The fourth-order valence-corrected chi connectivity index (χ4v) is 3.67. The lowest BCUT2D eigenvalue weighted by Crippen LogP contribution is -2.45. The minimum atomic E-state index is -0.280. The van der Waals surface area contributed by atoms with Gasteiger partial charge in [0.2, 0.25) is 0 Å². The Balaban J connectivity index is 1.87. The Morgan fingerprint density at radius 3 is 2.96 bits per heavy atom. The van der Waals surface area contributed by atoms with Crippen LogP contribution in [0.2, 0.25) is 5.02 Å². The van der Waals surface area contributed by atoms with E-state index < -0.39 is 0 Å². The topological polar surface area (TPSA) is 70.7 Å². The van der Waals surface area contributed by atoms with E-state index in [1.807, 2.05) is 6.07 Å². The second-order valence-corrected chi connectivity index (χ2v) is 7.16. The molecule has 9 heteroatoms. The first-order valence-corrected chi connectivity index (χ1v) is 9.84. The monoisotopic (exact) mass is 389 g/mol. The molecule has 1 amide bonds. The van der Waals surface area contributed by atoms with Crippen LogP contribution in [0.3, 0.4) is 0 Å². The number of anilines is 1. The number of rotatable bonds is 6. The number of nitrogens with zero attached hydrogens (tertiary/aromatic N) is 1. The smallest absolute Gasteiger partial charge is 0.316 e. The third-order valence-electron chi connectivity index (χ3n) is 3.17. The molecule has 0 bridgehead atoms. The molecule has 2 N–H and O–H groups in total. The number of hydrogen-bond acceptors (Lipinski definition) is 7. The van der Waals surface area contributed by atoms with E-state index in [0.29, 0.717) is 11.6 Å². The Morgan fingerprint density at radius 1 is 1.42 bits per heavy atom. The van der Waals surface area contributed by atoms with Crippen molar-refractivity contribution in [3.8, 4) is 0 Å². The molecular weight excluding hydrogens is 370 g/mol. The van der Waals surface area contributed by atoms with Crippen LogP contribution < -0.4 is 10.1 Å². The second kappa shape index (κ2) is 10.0. The number of amides is 1. The van der Waals surface area contributed by atoms with Crippen LogP contribution in [0.15, 0.2) is 23.1 Å². The highest BCUT2D eigenvalue weighted by atomic mass is 35.5. The van der Waals surface area contributed by atoms with Gasteiger partial charge in [-0.2, -0.15) is 0 Å². The van der Waals surface area contributed by atoms with E-state index in [1.54, 1.807) is 24.1 Å². The maximum atomic E-state index is 12.1. The van der Waals surface area contributed by atoms with Crippen LogP contribution in [-0.4, -0.2) is 41.7 Å². The SMILES string of the molecule is CCOC(=O)CSc1cc(NSC(=O)N2CCCCN2)ccc1Cl. The number of carbonyl (C=O) groups excluding carboxylic acids is 2. The normalized spacial score (nSPS) is 14.3. The van der Waals surface area contributed by atoms with Gasteiger partial charge in [0, 0.05) is 35.6 Å². The van der Waals surface area contributed by atoms with Crippen molar-refractivity contribution in [2.75, 3.05) is 30.2 Å². The van der Waals surface area contributed by atoms with Gasteiger partial charge in [-0.15, -0.1) is 11.8 Å². The molecule has 1 aliphatic heterocycles. The van der Waals surface area contributed by atoms with E-state index in [-0.39, 0.29) is 17.0 Å². The Labute approximate surface area is 155 Å². The summed E-state index contributed by atoms with van der Waals surface area (Å²) in [6.07, 6.45) is 2.09. The lowest BCUT2D eigenvalue weighted by atomic mass is 10.3. The predicted octanol–water partition coefficient (Wildman–Crippen LogP) is 3.78. The summed E-state index contributed by atoms with van der Waals surface area (Å²) in [4.78, 5) is 24.3. The highest BCUT2D eigenvalue weighted by Gasteiger charge is 2.17. The maximum absolute atomic E-state index is 12.1. The lowest BCUT2D eigenvalue weighted by molar-refractivity contribution is -0.139. The second-order valence-electron chi connectivity index (χ2n) is 4.98. The highest BCUT2D eigenvalue weighted by Crippen LogP contribution is 2.31. The summed E-state index contributed by atoms with van der Waals surface area (Å²) in [5.74, 6) is -0.0847. The van der Waals surface area contributed by atoms with Gasteiger partial charge in [-0.3, -0.25) is 14.6 Å². The predicted molar refractivity (Wildman–Crippen MR) is 99.4 cm³/mol. The quantitative estimate of drug-likeness (QED) is 0.436. The molecule has 0 aromatic heterocycles. The van der Waals surface area contributed by atoms with Gasteiger partial charge in [0.1, 0.15) is 0 Å². The maximum Gasteiger partial charge on any atom is 0.316 e. The van der Waals surface area contributed by atoms with Crippen molar-refractivity contribution in [1.82, 2.24) is 10.4 Å². The molecule has 1 heterocycles. The molecule has 6 nitrogen and oxygen atoms in total. The fourth-order valence-electron chi connectivity index (χ4n) is 2.02. The molecule has 0 unspecified atom stereocenters. The number of ether oxygens (including phenoxy) is 1. The van der Waals surface area contributed by atoms with Crippen LogP contribution in [0.25, 0.3) is 0 Å². The lowest BCUT2D eigenvalue weighted by Gasteiger charge is -2.26. The average molecular weight is 390 g/mol. The van der Waals surface area contributed by atoms with Gasteiger partial charge in [0.15, 0.2) is 0 Å². The summed E-state index contributed by atoms with van der Waals surface area (Å²) in [7, 11) is 0. The number of esters is 1. The summed E-state index contributed by atoms with van der Waals surface area (Å²) in [5.41, 5.74) is 3.82. The molecule has 24 heavy (non-hydrogen) atoms. The summed E-state index contributed by atoms with van der Waals surface area (Å²) in [5, 5.41) is 2.10. The number of nitrogens with one attached hydrogen (secondary N) is 2. The van der Waals surface area contributed by atoms with E-state index in [9.17, 15) is 9.59 Å². The van der Waals surface area contributed by atoms with E-state index in [0.717, 1.165) is 48.5 Å². The number of thioether (sulfide) groups is 1. The molecule has 0 saturated carbocycles. The average Bonchev–Trinajstić information content (AvgIpc) is 2.60. The molecule has 1 saturated heterocycles. The van der Waals surface area contributed by atoms with Crippen molar-refractivity contribution in [3.05, 3.63) is 23.2 Å². The Kier molecular flexibility index (Phi) is 8.04. The zero-order valence-electron chi connectivity index (χ0n) is 13.3. The zero-order valence-corrected chi connectivity index (χ0v) is 15.7. The summed E-state index contributed by atoms with van der Waals surface area (Å²) < 4.78 is 7.92. The van der Waals surface area contributed by atoms with Crippen molar-refractivity contribution < 1.29 is 14.3 Å². The number of halogens is 1. The molecule has 0 spiro atoms. The molecule has 0 aliphatic carbocycles. The number of benzene rings is 1. The third-order valence-corrected chi connectivity index (χ3v) is 5.37. The Bertz CT molecular complexity index is 583. The van der Waals surface area contributed by atoms with Gasteiger partial charge in [-0.25, -0.2) is 5.43 Å². The first-order valence-electron chi connectivity index (χ1n) is 7.66. The Hall–Kier alpha value is -1.09. The van der Waals surface area contributed by atoms with E-state index in [1.165, 1.54) is 11.8 Å². The van der Waals surface area contributed by atoms with Gasteiger partial charge in [0.05, 0.1) is 17.4 Å². The number of hydrazine groups is 1. The molecular formula is C15H20ClN3O3S2. The van der Waals surface area contributed by atoms with Crippen molar-refractivity contribution in [2.45, 2.75) is 24.7 Å². The molecule has 132 valence electrons. The van der Waals surface area contributed by atoms with Crippen LogP contribution in [0.1, 0.15) is 19.8 Å². The summed E-state index contributed by atoms with van der Waals surface area (Å²) in [6.45, 7) is 3.67. The van der Waals surface area contributed by atoms with Crippen LogP contribution in [-0.2, 0) is 9.53 Å². The highest BCUT2D eigenvalue weighted by molar-refractivity contribution is 8.14. The van der Waals surface area contributed by atoms with Crippen LogP contribution in [0.5, 0.6) is 0 Å². The van der Waals surface area contributed by atoms with Crippen molar-refractivity contribution in [1.29, 1.82) is 0 Å². The van der Waals surface area contributed by atoms with Crippen LogP contribution >= 0.6 is 35.3 Å². The Morgan fingerprint density at radius 2 is 2.25 bits per heavy atom. The summed E-state index contributed by atoms with van der Waals surface area (Å²) >= 11 is 8.47. The van der Waals surface area contributed by atoms with Crippen LogP contribution in [0.4, 0.5) is 10.5 Å². The molecule has 0 radical (unpaired) electrons. The van der Waals surface area contributed by atoms with Gasteiger partial charge >= 0.3 is 11.2 Å². The molecule has 2 rings (SSSR count). The first kappa shape index (κ1) is 19.2. The first-order chi connectivity index (χ1) is 11.6. The van der Waals surface area contributed by atoms with E-state index in [2.05, 4.69) is 10.1 Å². The largest absolute Gasteiger partial charge is 0.465 e. The van der Waals surface area contributed by atoms with Crippen molar-refractivity contribution >= 4 is 52.2 Å². The third kappa shape index (κ3) is 6.08. The molecule has 1 aliphatic rings. The minimum absolute atomic E-state index is 0.0784. The van der Waals surface area contributed by atoms with E-state index >= 15 is 0 Å². The van der Waals surface area contributed by atoms with Gasteiger partial charge in [0.25, 0.3) is 0 Å². The minimum Gasteiger partial charge on any atom is -0.465 e. The molecule has 1 fully saturated rings. The van der Waals surface area contributed by atoms with Gasteiger partial charge in [-0.1, -0.05) is 11.6 Å². The van der Waals surface area contributed by atoms with Crippen LogP contribution in [0, 0.1) is 0 Å². The van der Waals surface area contributed by atoms with Crippen molar-refractivity contribution in [3.63, 3.8) is 0 Å².